The Morgan fingerprint density at radius 1 is 1.47 bits per heavy atom. The molecule has 92 valence electrons. The monoisotopic (exact) mass is 233 g/mol. The van der Waals surface area contributed by atoms with Crippen molar-refractivity contribution in [3.63, 3.8) is 0 Å². The van der Waals surface area contributed by atoms with Crippen molar-refractivity contribution in [1.29, 1.82) is 0 Å². The number of hydrogen-bond acceptors (Lipinski definition) is 2. The van der Waals surface area contributed by atoms with E-state index in [1.807, 2.05) is 6.92 Å². The second-order valence-electron chi connectivity index (χ2n) is 5.26. The fourth-order valence-electron chi connectivity index (χ4n) is 2.92. The number of carbonyl (C=O) groups is 1. The summed E-state index contributed by atoms with van der Waals surface area (Å²) in [5.74, 6) is -1.05. The van der Waals surface area contributed by atoms with E-state index in [9.17, 15) is 9.90 Å². The zero-order valence-corrected chi connectivity index (χ0v) is 10.6. The zero-order chi connectivity index (χ0) is 12.6. The molecule has 1 heterocycles. The van der Waals surface area contributed by atoms with Gasteiger partial charge in [-0.15, -0.1) is 0 Å². The maximum Gasteiger partial charge on any atom is 0.308 e. The van der Waals surface area contributed by atoms with Crippen molar-refractivity contribution >= 4 is 5.97 Å². The molecule has 17 heavy (non-hydrogen) atoms. The maximum atomic E-state index is 11.3. The highest BCUT2D eigenvalue weighted by atomic mass is 16.4. The Morgan fingerprint density at radius 2 is 2.18 bits per heavy atom. The highest BCUT2D eigenvalue weighted by Gasteiger charge is 2.45. The number of aryl methyl sites for hydroxylation is 2. The van der Waals surface area contributed by atoms with Gasteiger partial charge in [-0.05, 0) is 25.0 Å². The summed E-state index contributed by atoms with van der Waals surface area (Å²) in [4.78, 5) is 11.3. The van der Waals surface area contributed by atoms with Gasteiger partial charge >= 0.3 is 5.97 Å². The van der Waals surface area contributed by atoms with Gasteiger partial charge in [0.15, 0.2) is 0 Å². The summed E-state index contributed by atoms with van der Waals surface area (Å²) >= 11 is 0. The van der Waals surface area contributed by atoms with Crippen LogP contribution in [-0.2, 0) is 10.2 Å². The van der Waals surface area contributed by atoms with Crippen LogP contribution < -0.4 is 5.32 Å². The van der Waals surface area contributed by atoms with Gasteiger partial charge in [-0.1, -0.05) is 30.7 Å². The average Bonchev–Trinajstić information content (AvgIpc) is 2.60. The summed E-state index contributed by atoms with van der Waals surface area (Å²) in [6, 6.07) is 6.26. The van der Waals surface area contributed by atoms with Crippen LogP contribution in [-0.4, -0.2) is 24.2 Å². The van der Waals surface area contributed by atoms with Crippen LogP contribution in [0.15, 0.2) is 18.2 Å². The molecule has 2 unspecified atom stereocenters. The van der Waals surface area contributed by atoms with Gasteiger partial charge in [0.25, 0.3) is 0 Å². The molecule has 2 rings (SSSR count). The van der Waals surface area contributed by atoms with E-state index in [0.29, 0.717) is 6.54 Å². The Labute approximate surface area is 102 Å². The molecule has 3 heteroatoms. The van der Waals surface area contributed by atoms with Crippen LogP contribution in [0.1, 0.15) is 23.6 Å². The summed E-state index contributed by atoms with van der Waals surface area (Å²) in [6.07, 6.45) is 0. The van der Waals surface area contributed by atoms with Crippen LogP contribution >= 0.6 is 0 Å². The minimum Gasteiger partial charge on any atom is -0.481 e. The molecule has 0 aliphatic carbocycles. The molecule has 0 amide bonds. The number of aliphatic carboxylic acids is 1. The van der Waals surface area contributed by atoms with E-state index < -0.39 is 5.97 Å². The molecule has 0 bridgehead atoms. The SMILES string of the molecule is Cc1ccc(C2(C)CNCC2C(=O)O)c(C)c1. The van der Waals surface area contributed by atoms with E-state index in [-0.39, 0.29) is 11.3 Å². The van der Waals surface area contributed by atoms with Gasteiger partial charge in [0.05, 0.1) is 5.92 Å². The first kappa shape index (κ1) is 12.1. The molecule has 0 spiro atoms. The van der Waals surface area contributed by atoms with Gasteiger partial charge < -0.3 is 10.4 Å². The van der Waals surface area contributed by atoms with Gasteiger partial charge in [0.1, 0.15) is 0 Å². The highest BCUT2D eigenvalue weighted by Crippen LogP contribution is 2.37. The zero-order valence-electron chi connectivity index (χ0n) is 10.6. The average molecular weight is 233 g/mol. The lowest BCUT2D eigenvalue weighted by atomic mass is 9.72. The number of carboxylic acids is 1. The Morgan fingerprint density at radius 3 is 2.76 bits per heavy atom. The van der Waals surface area contributed by atoms with Crippen LogP contribution in [0.5, 0.6) is 0 Å². The van der Waals surface area contributed by atoms with Gasteiger partial charge in [-0.25, -0.2) is 0 Å². The van der Waals surface area contributed by atoms with Crippen molar-refractivity contribution in [3.8, 4) is 0 Å². The van der Waals surface area contributed by atoms with Gasteiger partial charge in [-0.2, -0.15) is 0 Å². The molecular weight excluding hydrogens is 214 g/mol. The summed E-state index contributed by atoms with van der Waals surface area (Å²) in [7, 11) is 0. The Balaban J connectivity index is 2.47. The van der Waals surface area contributed by atoms with Crippen molar-refractivity contribution < 1.29 is 9.90 Å². The molecule has 1 saturated heterocycles. The van der Waals surface area contributed by atoms with Crippen LogP contribution in [0.3, 0.4) is 0 Å². The Hall–Kier alpha value is -1.35. The highest BCUT2D eigenvalue weighted by molar-refractivity contribution is 5.73. The topological polar surface area (TPSA) is 49.3 Å². The third kappa shape index (κ3) is 1.95. The van der Waals surface area contributed by atoms with Gasteiger partial charge in [-0.3, -0.25) is 4.79 Å². The number of rotatable bonds is 2. The number of benzene rings is 1. The van der Waals surface area contributed by atoms with E-state index >= 15 is 0 Å². The fraction of sp³-hybridized carbons (Fsp3) is 0.500. The predicted octanol–water partition coefficient (Wildman–Crippen LogP) is 1.87. The molecule has 2 N–H and O–H groups in total. The quantitative estimate of drug-likeness (QED) is 0.819. The molecule has 1 aromatic rings. The summed E-state index contributed by atoms with van der Waals surface area (Å²) in [5.41, 5.74) is 3.25. The Kier molecular flexibility index (Phi) is 2.96. The first-order chi connectivity index (χ1) is 7.95. The van der Waals surface area contributed by atoms with E-state index in [2.05, 4.69) is 37.4 Å². The normalized spacial score (nSPS) is 28.3. The first-order valence-electron chi connectivity index (χ1n) is 5.96. The molecule has 2 atom stereocenters. The minimum absolute atomic E-state index is 0.302. The maximum absolute atomic E-state index is 11.3. The standard InChI is InChI=1S/C14H19NO2/c1-9-4-5-11(10(2)6-9)14(3)8-15-7-12(14)13(16)17/h4-6,12,15H,7-8H2,1-3H3,(H,16,17). The number of carboxylic acid groups (broad SMARTS) is 1. The van der Waals surface area contributed by atoms with Gasteiger partial charge in [0.2, 0.25) is 0 Å². The summed E-state index contributed by atoms with van der Waals surface area (Å²) in [5, 5.41) is 12.5. The molecule has 1 fully saturated rings. The van der Waals surface area contributed by atoms with E-state index in [0.717, 1.165) is 12.1 Å². The van der Waals surface area contributed by atoms with Crippen molar-refractivity contribution in [2.75, 3.05) is 13.1 Å². The lowest BCUT2D eigenvalue weighted by Crippen LogP contribution is -2.36. The van der Waals surface area contributed by atoms with E-state index in [4.69, 9.17) is 0 Å². The third-order valence-corrected chi connectivity index (χ3v) is 3.91. The van der Waals surface area contributed by atoms with Crippen molar-refractivity contribution in [3.05, 3.63) is 34.9 Å². The number of hydrogen-bond donors (Lipinski definition) is 2. The van der Waals surface area contributed by atoms with E-state index in [1.54, 1.807) is 0 Å². The number of nitrogens with one attached hydrogen (secondary N) is 1. The third-order valence-electron chi connectivity index (χ3n) is 3.91. The first-order valence-corrected chi connectivity index (χ1v) is 5.96. The van der Waals surface area contributed by atoms with Crippen molar-refractivity contribution in [2.24, 2.45) is 5.92 Å². The van der Waals surface area contributed by atoms with Crippen LogP contribution in [0.2, 0.25) is 0 Å². The van der Waals surface area contributed by atoms with Crippen LogP contribution in [0, 0.1) is 19.8 Å². The smallest absolute Gasteiger partial charge is 0.308 e. The van der Waals surface area contributed by atoms with Crippen molar-refractivity contribution in [1.82, 2.24) is 5.32 Å². The molecule has 1 aliphatic heterocycles. The second kappa shape index (κ2) is 4.15. The lowest BCUT2D eigenvalue weighted by Gasteiger charge is -2.30. The lowest BCUT2D eigenvalue weighted by molar-refractivity contribution is -0.142. The molecule has 1 aromatic carbocycles. The largest absolute Gasteiger partial charge is 0.481 e. The van der Waals surface area contributed by atoms with E-state index in [1.165, 1.54) is 11.1 Å². The summed E-state index contributed by atoms with van der Waals surface area (Å²) < 4.78 is 0. The molecule has 0 radical (unpaired) electrons. The van der Waals surface area contributed by atoms with Crippen molar-refractivity contribution in [2.45, 2.75) is 26.2 Å². The van der Waals surface area contributed by atoms with Crippen LogP contribution in [0.4, 0.5) is 0 Å². The second-order valence-corrected chi connectivity index (χ2v) is 5.26. The minimum atomic E-state index is -0.711. The molecule has 3 nitrogen and oxygen atoms in total. The Bertz CT molecular complexity index is 456. The molecular formula is C14H19NO2. The molecule has 0 aromatic heterocycles. The van der Waals surface area contributed by atoms with Gasteiger partial charge in [0, 0.05) is 18.5 Å². The molecule has 1 aliphatic rings. The predicted molar refractivity (Wildman–Crippen MR) is 67.3 cm³/mol. The molecule has 0 saturated carbocycles. The summed E-state index contributed by atoms with van der Waals surface area (Å²) in [6.45, 7) is 7.45. The van der Waals surface area contributed by atoms with Crippen LogP contribution in [0.25, 0.3) is 0 Å². The fourth-order valence-corrected chi connectivity index (χ4v) is 2.92.